The Bertz CT molecular complexity index is 737. The summed E-state index contributed by atoms with van der Waals surface area (Å²) in [6.45, 7) is 3.98. The molecule has 0 radical (unpaired) electrons. The summed E-state index contributed by atoms with van der Waals surface area (Å²) < 4.78 is 0. The lowest BCUT2D eigenvalue weighted by Gasteiger charge is -2.48. The molecule has 3 aliphatic rings. The van der Waals surface area contributed by atoms with Crippen molar-refractivity contribution in [2.75, 3.05) is 33.2 Å². The van der Waals surface area contributed by atoms with Crippen molar-refractivity contribution in [3.05, 3.63) is 47.7 Å². The van der Waals surface area contributed by atoms with Crippen LogP contribution in [0.5, 0.6) is 0 Å². The van der Waals surface area contributed by atoms with Crippen molar-refractivity contribution in [1.29, 1.82) is 0 Å². The number of benzene rings is 1. The van der Waals surface area contributed by atoms with Crippen LogP contribution in [-0.4, -0.2) is 59.7 Å². The maximum atomic E-state index is 13.6. The summed E-state index contributed by atoms with van der Waals surface area (Å²) in [5.41, 5.74) is 1.58. The van der Waals surface area contributed by atoms with Gasteiger partial charge in [-0.3, -0.25) is 9.59 Å². The third-order valence-corrected chi connectivity index (χ3v) is 6.38. The first-order valence-electron chi connectivity index (χ1n) is 10.1. The topological polar surface area (TPSA) is 43.9 Å². The van der Waals surface area contributed by atoms with E-state index in [4.69, 9.17) is 0 Å². The Morgan fingerprint density at radius 3 is 2.56 bits per heavy atom. The largest absolute Gasteiger partial charge is 0.339 e. The molecule has 0 aromatic heterocycles. The third kappa shape index (κ3) is 3.41. The molecule has 1 aliphatic carbocycles. The molecule has 5 nitrogen and oxygen atoms in total. The standard InChI is InChI=1S/C22H29N3O2/c1-23-13-15-24(16-14-23)21(27)22-11-6-5-9-19(22)25(20(26)10-12-22)17-18-7-3-2-4-8-18/h2-4,7-9H,5-6,10-17H2,1H3. The van der Waals surface area contributed by atoms with Gasteiger partial charge in [0.25, 0.3) is 0 Å². The maximum Gasteiger partial charge on any atom is 0.234 e. The zero-order valence-electron chi connectivity index (χ0n) is 16.2. The molecule has 0 spiro atoms. The minimum absolute atomic E-state index is 0.147. The van der Waals surface area contributed by atoms with Crippen LogP contribution < -0.4 is 0 Å². The monoisotopic (exact) mass is 367 g/mol. The Morgan fingerprint density at radius 2 is 1.81 bits per heavy atom. The van der Waals surface area contributed by atoms with Gasteiger partial charge in [0.05, 0.1) is 12.0 Å². The van der Waals surface area contributed by atoms with Crippen molar-refractivity contribution in [1.82, 2.24) is 14.7 Å². The van der Waals surface area contributed by atoms with Gasteiger partial charge in [0.2, 0.25) is 11.8 Å². The summed E-state index contributed by atoms with van der Waals surface area (Å²) in [5.74, 6) is 0.390. The van der Waals surface area contributed by atoms with Gasteiger partial charge in [-0.25, -0.2) is 0 Å². The molecule has 0 saturated carbocycles. The van der Waals surface area contributed by atoms with Crippen LogP contribution in [0.2, 0.25) is 0 Å². The Kier molecular flexibility index (Phi) is 5.04. The maximum absolute atomic E-state index is 13.6. The number of likely N-dealkylation sites (tertiary alicyclic amines) is 1. The van der Waals surface area contributed by atoms with Crippen LogP contribution in [0.4, 0.5) is 0 Å². The lowest BCUT2D eigenvalue weighted by atomic mass is 9.68. The van der Waals surface area contributed by atoms with E-state index in [1.807, 2.05) is 28.0 Å². The van der Waals surface area contributed by atoms with Gasteiger partial charge >= 0.3 is 0 Å². The summed E-state index contributed by atoms with van der Waals surface area (Å²) in [4.78, 5) is 32.6. The van der Waals surface area contributed by atoms with Crippen LogP contribution in [0.25, 0.3) is 0 Å². The number of hydrogen-bond donors (Lipinski definition) is 0. The van der Waals surface area contributed by atoms with Gasteiger partial charge in [0.1, 0.15) is 0 Å². The quantitative estimate of drug-likeness (QED) is 0.825. The molecule has 1 unspecified atom stereocenters. The fourth-order valence-electron chi connectivity index (χ4n) is 4.75. The molecule has 2 fully saturated rings. The average molecular weight is 367 g/mol. The smallest absolute Gasteiger partial charge is 0.234 e. The molecular weight excluding hydrogens is 338 g/mol. The van der Waals surface area contributed by atoms with Crippen molar-refractivity contribution in [2.24, 2.45) is 5.41 Å². The number of allylic oxidation sites excluding steroid dienone is 1. The number of hydrogen-bond acceptors (Lipinski definition) is 3. The van der Waals surface area contributed by atoms with Gasteiger partial charge in [0.15, 0.2) is 0 Å². The van der Waals surface area contributed by atoms with E-state index in [-0.39, 0.29) is 11.8 Å². The zero-order valence-corrected chi connectivity index (χ0v) is 16.2. The Hall–Kier alpha value is -2.14. The van der Waals surface area contributed by atoms with Gasteiger partial charge in [-0.2, -0.15) is 0 Å². The van der Waals surface area contributed by atoms with Crippen molar-refractivity contribution in [2.45, 2.75) is 38.6 Å². The number of fused-ring (bicyclic) bond motifs is 1. The van der Waals surface area contributed by atoms with Crippen LogP contribution in [0.1, 0.15) is 37.7 Å². The Labute approximate surface area is 161 Å². The van der Waals surface area contributed by atoms with Crippen LogP contribution in [-0.2, 0) is 16.1 Å². The predicted molar refractivity (Wildman–Crippen MR) is 105 cm³/mol. The number of nitrogens with zero attached hydrogens (tertiary/aromatic N) is 3. The summed E-state index contributed by atoms with van der Waals surface area (Å²) in [6.07, 6.45) is 6.12. The predicted octanol–water partition coefficient (Wildman–Crippen LogP) is 2.64. The molecule has 1 atom stereocenters. The molecule has 0 N–H and O–H groups in total. The minimum atomic E-state index is -0.503. The lowest BCUT2D eigenvalue weighted by Crippen LogP contribution is -2.57. The highest BCUT2D eigenvalue weighted by Crippen LogP contribution is 2.48. The molecule has 1 aromatic carbocycles. The highest BCUT2D eigenvalue weighted by atomic mass is 16.2. The summed E-state index contributed by atoms with van der Waals surface area (Å²) in [7, 11) is 2.10. The van der Waals surface area contributed by atoms with E-state index in [1.54, 1.807) is 0 Å². The number of carbonyl (C=O) groups excluding carboxylic acids is 2. The summed E-state index contributed by atoms with van der Waals surface area (Å²) in [5, 5.41) is 0. The molecule has 4 rings (SSSR count). The van der Waals surface area contributed by atoms with Gasteiger partial charge in [-0.1, -0.05) is 36.4 Å². The van der Waals surface area contributed by atoms with E-state index in [2.05, 4.69) is 30.2 Å². The summed E-state index contributed by atoms with van der Waals surface area (Å²) in [6, 6.07) is 10.1. The van der Waals surface area contributed by atoms with Crippen molar-refractivity contribution in [3.8, 4) is 0 Å². The minimum Gasteiger partial charge on any atom is -0.339 e. The number of likely N-dealkylation sites (N-methyl/N-ethyl adjacent to an activating group) is 1. The molecule has 2 aliphatic heterocycles. The summed E-state index contributed by atoms with van der Waals surface area (Å²) >= 11 is 0. The number of amides is 2. The average Bonchev–Trinajstić information content (AvgIpc) is 2.71. The van der Waals surface area contributed by atoms with E-state index in [1.165, 1.54) is 0 Å². The molecule has 2 amide bonds. The fraction of sp³-hybridized carbons (Fsp3) is 0.545. The van der Waals surface area contributed by atoms with Gasteiger partial charge in [-0.15, -0.1) is 0 Å². The second kappa shape index (κ2) is 7.47. The van der Waals surface area contributed by atoms with Gasteiger partial charge in [0, 0.05) is 38.3 Å². The van der Waals surface area contributed by atoms with Crippen LogP contribution in [0.3, 0.4) is 0 Å². The van der Waals surface area contributed by atoms with Crippen LogP contribution in [0.15, 0.2) is 42.1 Å². The van der Waals surface area contributed by atoms with Crippen molar-refractivity contribution < 1.29 is 9.59 Å². The van der Waals surface area contributed by atoms with Crippen LogP contribution >= 0.6 is 0 Å². The Balaban J connectivity index is 1.63. The molecule has 2 heterocycles. The van der Waals surface area contributed by atoms with Gasteiger partial charge in [-0.05, 0) is 38.3 Å². The molecule has 5 heteroatoms. The van der Waals surface area contributed by atoms with E-state index in [0.29, 0.717) is 19.4 Å². The molecule has 144 valence electrons. The van der Waals surface area contributed by atoms with E-state index < -0.39 is 5.41 Å². The Morgan fingerprint density at radius 1 is 1.07 bits per heavy atom. The highest BCUT2D eigenvalue weighted by Gasteiger charge is 2.51. The number of piperazine rings is 1. The van der Waals surface area contributed by atoms with E-state index >= 15 is 0 Å². The number of rotatable bonds is 3. The first kappa shape index (κ1) is 18.2. The molecule has 2 saturated heterocycles. The molecule has 27 heavy (non-hydrogen) atoms. The van der Waals surface area contributed by atoms with Crippen molar-refractivity contribution in [3.63, 3.8) is 0 Å². The highest BCUT2D eigenvalue weighted by molar-refractivity contribution is 5.91. The second-order valence-corrected chi connectivity index (χ2v) is 8.12. The first-order chi connectivity index (χ1) is 13.1. The zero-order chi connectivity index (χ0) is 18.9. The molecule has 0 bridgehead atoms. The SMILES string of the molecule is CN1CCN(C(=O)C23CCCC=C2N(Cc2ccccc2)C(=O)CC3)CC1. The third-order valence-electron chi connectivity index (χ3n) is 6.38. The fourth-order valence-corrected chi connectivity index (χ4v) is 4.75. The van der Waals surface area contributed by atoms with Crippen LogP contribution in [0, 0.1) is 5.41 Å². The second-order valence-electron chi connectivity index (χ2n) is 8.12. The normalized spacial score (nSPS) is 26.6. The van der Waals surface area contributed by atoms with E-state index in [9.17, 15) is 9.59 Å². The number of carbonyl (C=O) groups is 2. The molecular formula is C22H29N3O2. The first-order valence-corrected chi connectivity index (χ1v) is 10.1. The van der Waals surface area contributed by atoms with Gasteiger partial charge < -0.3 is 14.7 Å². The molecule has 1 aromatic rings. The number of piperidine rings is 1. The van der Waals surface area contributed by atoms with Crippen molar-refractivity contribution >= 4 is 11.8 Å². The lowest BCUT2D eigenvalue weighted by molar-refractivity contribution is -0.149. The van der Waals surface area contributed by atoms with E-state index in [0.717, 1.165) is 56.7 Å².